The first-order valence-corrected chi connectivity index (χ1v) is 6.69. The molecule has 0 unspecified atom stereocenters. The smallest absolute Gasteiger partial charge is 0.253 e. The minimum atomic E-state index is -0.200. The van der Waals surface area contributed by atoms with Crippen molar-refractivity contribution in [3.8, 4) is 5.75 Å². The van der Waals surface area contributed by atoms with Crippen molar-refractivity contribution in [3.63, 3.8) is 0 Å². The van der Waals surface area contributed by atoms with E-state index in [0.717, 1.165) is 11.3 Å². The van der Waals surface area contributed by atoms with Crippen molar-refractivity contribution >= 4 is 17.5 Å². The zero-order valence-corrected chi connectivity index (χ0v) is 12.1. The molecule has 0 aliphatic carbocycles. The lowest BCUT2D eigenvalue weighted by Gasteiger charge is -2.17. The van der Waals surface area contributed by atoms with E-state index < -0.39 is 0 Å². The molecule has 1 N–H and O–H groups in total. The third kappa shape index (κ3) is 3.11. The second kappa shape index (κ2) is 6.44. The van der Waals surface area contributed by atoms with E-state index in [4.69, 9.17) is 16.3 Å². The Morgan fingerprint density at radius 3 is 2.50 bits per heavy atom. The highest BCUT2D eigenvalue weighted by atomic mass is 35.5. The van der Waals surface area contributed by atoms with Gasteiger partial charge in [0.2, 0.25) is 0 Å². The SMILES string of the molecule is COc1ccccc1[C@@H](C)NC(=O)c1ccccc1Cl. The molecular weight excluding hydrogens is 274 g/mol. The summed E-state index contributed by atoms with van der Waals surface area (Å²) in [4.78, 5) is 12.2. The number of halogens is 1. The van der Waals surface area contributed by atoms with Gasteiger partial charge in [-0.25, -0.2) is 0 Å². The van der Waals surface area contributed by atoms with E-state index in [2.05, 4.69) is 5.32 Å². The Morgan fingerprint density at radius 2 is 1.80 bits per heavy atom. The monoisotopic (exact) mass is 289 g/mol. The van der Waals surface area contributed by atoms with Crippen LogP contribution in [0, 0.1) is 0 Å². The van der Waals surface area contributed by atoms with E-state index in [9.17, 15) is 4.79 Å². The van der Waals surface area contributed by atoms with Crippen molar-refractivity contribution in [3.05, 3.63) is 64.7 Å². The van der Waals surface area contributed by atoms with Crippen LogP contribution in [-0.2, 0) is 0 Å². The van der Waals surface area contributed by atoms with Crippen LogP contribution in [0.2, 0.25) is 5.02 Å². The first-order valence-electron chi connectivity index (χ1n) is 6.31. The molecule has 20 heavy (non-hydrogen) atoms. The highest BCUT2D eigenvalue weighted by molar-refractivity contribution is 6.33. The molecule has 0 bridgehead atoms. The van der Waals surface area contributed by atoms with Crippen LogP contribution in [0.4, 0.5) is 0 Å². The first kappa shape index (κ1) is 14.4. The molecule has 2 rings (SSSR count). The highest BCUT2D eigenvalue weighted by Crippen LogP contribution is 2.25. The van der Waals surface area contributed by atoms with E-state index >= 15 is 0 Å². The molecule has 0 radical (unpaired) electrons. The lowest BCUT2D eigenvalue weighted by molar-refractivity contribution is 0.0939. The van der Waals surface area contributed by atoms with Crippen LogP contribution >= 0.6 is 11.6 Å². The molecular formula is C16H16ClNO2. The average molecular weight is 290 g/mol. The Labute approximate surface area is 123 Å². The maximum absolute atomic E-state index is 12.2. The number of benzene rings is 2. The summed E-state index contributed by atoms with van der Waals surface area (Å²) >= 11 is 6.02. The van der Waals surface area contributed by atoms with Crippen molar-refractivity contribution in [2.75, 3.05) is 7.11 Å². The second-order valence-electron chi connectivity index (χ2n) is 4.42. The molecule has 2 aromatic carbocycles. The molecule has 3 nitrogen and oxygen atoms in total. The zero-order chi connectivity index (χ0) is 14.5. The summed E-state index contributed by atoms with van der Waals surface area (Å²) in [7, 11) is 1.61. The summed E-state index contributed by atoms with van der Waals surface area (Å²) in [5.74, 6) is 0.550. The lowest BCUT2D eigenvalue weighted by Crippen LogP contribution is -2.27. The van der Waals surface area contributed by atoms with E-state index in [1.54, 1.807) is 31.4 Å². The van der Waals surface area contributed by atoms with Crippen LogP contribution in [0.1, 0.15) is 28.9 Å². The summed E-state index contributed by atoms with van der Waals surface area (Å²) in [6, 6.07) is 14.4. The molecule has 0 aliphatic rings. The van der Waals surface area contributed by atoms with Gasteiger partial charge in [0, 0.05) is 5.56 Å². The highest BCUT2D eigenvalue weighted by Gasteiger charge is 2.16. The molecule has 0 aromatic heterocycles. The molecule has 0 saturated heterocycles. The van der Waals surface area contributed by atoms with Gasteiger partial charge in [-0.05, 0) is 25.1 Å². The van der Waals surface area contributed by atoms with E-state index in [-0.39, 0.29) is 11.9 Å². The third-order valence-corrected chi connectivity index (χ3v) is 3.40. The number of carbonyl (C=O) groups is 1. The fourth-order valence-corrected chi connectivity index (χ4v) is 2.24. The molecule has 0 aliphatic heterocycles. The first-order chi connectivity index (χ1) is 9.63. The molecule has 0 heterocycles. The lowest BCUT2D eigenvalue weighted by atomic mass is 10.1. The van der Waals surface area contributed by atoms with Crippen molar-refractivity contribution in [2.45, 2.75) is 13.0 Å². The molecule has 4 heteroatoms. The van der Waals surface area contributed by atoms with Crippen LogP contribution in [0.25, 0.3) is 0 Å². The van der Waals surface area contributed by atoms with E-state index in [1.807, 2.05) is 31.2 Å². The van der Waals surface area contributed by atoms with Crippen LogP contribution < -0.4 is 10.1 Å². The normalized spacial score (nSPS) is 11.8. The predicted molar refractivity (Wildman–Crippen MR) is 80.3 cm³/mol. The number of amides is 1. The molecule has 0 spiro atoms. The van der Waals surface area contributed by atoms with Gasteiger partial charge in [-0.15, -0.1) is 0 Å². The number of nitrogens with one attached hydrogen (secondary N) is 1. The molecule has 2 aromatic rings. The standard InChI is InChI=1S/C16H16ClNO2/c1-11(12-7-4-6-10-15(12)20-2)18-16(19)13-8-3-5-9-14(13)17/h3-11H,1-2H3,(H,18,19)/t11-/m1/s1. The molecule has 1 atom stereocenters. The fourth-order valence-electron chi connectivity index (χ4n) is 2.02. The summed E-state index contributed by atoms with van der Waals surface area (Å²) < 4.78 is 5.30. The number of rotatable bonds is 4. The van der Waals surface area contributed by atoms with E-state index in [0.29, 0.717) is 10.6 Å². The van der Waals surface area contributed by atoms with Crippen LogP contribution in [-0.4, -0.2) is 13.0 Å². The summed E-state index contributed by atoms with van der Waals surface area (Å²) in [5, 5.41) is 3.37. The minimum Gasteiger partial charge on any atom is -0.496 e. The maximum Gasteiger partial charge on any atom is 0.253 e. The largest absolute Gasteiger partial charge is 0.496 e. The summed E-state index contributed by atoms with van der Waals surface area (Å²) in [5.41, 5.74) is 1.39. The van der Waals surface area contributed by atoms with Gasteiger partial charge in [0.05, 0.1) is 23.7 Å². The van der Waals surface area contributed by atoms with Crippen molar-refractivity contribution in [1.29, 1.82) is 0 Å². The minimum absolute atomic E-state index is 0.171. The number of hydrogen-bond donors (Lipinski definition) is 1. The van der Waals surface area contributed by atoms with Crippen molar-refractivity contribution in [1.82, 2.24) is 5.32 Å². The number of para-hydroxylation sites is 1. The van der Waals surface area contributed by atoms with Gasteiger partial charge in [0.15, 0.2) is 0 Å². The fraction of sp³-hybridized carbons (Fsp3) is 0.188. The molecule has 0 fully saturated rings. The van der Waals surface area contributed by atoms with Crippen molar-refractivity contribution in [2.24, 2.45) is 0 Å². The van der Waals surface area contributed by atoms with Gasteiger partial charge < -0.3 is 10.1 Å². The maximum atomic E-state index is 12.2. The van der Waals surface area contributed by atoms with Crippen LogP contribution in [0.3, 0.4) is 0 Å². The van der Waals surface area contributed by atoms with E-state index in [1.165, 1.54) is 0 Å². The topological polar surface area (TPSA) is 38.3 Å². The van der Waals surface area contributed by atoms with Gasteiger partial charge in [-0.1, -0.05) is 41.9 Å². The number of carbonyl (C=O) groups excluding carboxylic acids is 1. The van der Waals surface area contributed by atoms with Crippen molar-refractivity contribution < 1.29 is 9.53 Å². The number of ether oxygens (including phenoxy) is 1. The average Bonchev–Trinajstić information content (AvgIpc) is 2.47. The molecule has 104 valence electrons. The van der Waals surface area contributed by atoms with Gasteiger partial charge in [0.1, 0.15) is 5.75 Å². The predicted octanol–water partition coefficient (Wildman–Crippen LogP) is 3.84. The van der Waals surface area contributed by atoms with Gasteiger partial charge >= 0.3 is 0 Å². The van der Waals surface area contributed by atoms with Crippen LogP contribution in [0.5, 0.6) is 5.75 Å². The Balaban J connectivity index is 2.18. The quantitative estimate of drug-likeness (QED) is 0.929. The van der Waals surface area contributed by atoms with Gasteiger partial charge in [-0.2, -0.15) is 0 Å². The Hall–Kier alpha value is -2.00. The Morgan fingerprint density at radius 1 is 1.15 bits per heavy atom. The zero-order valence-electron chi connectivity index (χ0n) is 11.4. The van der Waals surface area contributed by atoms with Gasteiger partial charge in [-0.3, -0.25) is 4.79 Å². The summed E-state index contributed by atoms with van der Waals surface area (Å²) in [6.07, 6.45) is 0. The Bertz CT molecular complexity index is 613. The van der Waals surface area contributed by atoms with Gasteiger partial charge in [0.25, 0.3) is 5.91 Å². The molecule has 0 saturated carbocycles. The third-order valence-electron chi connectivity index (χ3n) is 3.07. The summed E-state index contributed by atoms with van der Waals surface area (Å²) in [6.45, 7) is 1.91. The number of hydrogen-bond acceptors (Lipinski definition) is 2. The molecule has 1 amide bonds. The Kier molecular flexibility index (Phi) is 4.64. The number of methoxy groups -OCH3 is 1. The van der Waals surface area contributed by atoms with Crippen LogP contribution in [0.15, 0.2) is 48.5 Å². The second-order valence-corrected chi connectivity index (χ2v) is 4.82.